The zero-order chi connectivity index (χ0) is 23.1. The fourth-order valence-electron chi connectivity index (χ4n) is 4.08. The van der Waals surface area contributed by atoms with Gasteiger partial charge in [0, 0.05) is 22.5 Å². The molecule has 0 atom stereocenters. The number of carbonyl (C=O) groups excluding carboxylic acids is 1. The highest BCUT2D eigenvalue weighted by Gasteiger charge is 2.21. The summed E-state index contributed by atoms with van der Waals surface area (Å²) in [5, 5.41) is 2.35. The fourth-order valence-corrected chi connectivity index (χ4v) is 4.21. The molecule has 0 aliphatic rings. The average molecular weight is 459 g/mol. The molecule has 0 unspecified atom stereocenters. The van der Waals surface area contributed by atoms with Gasteiger partial charge in [0.1, 0.15) is 0 Å². The Balaban J connectivity index is 1.74. The molecule has 0 spiro atoms. The third-order valence-electron chi connectivity index (χ3n) is 5.70. The molecule has 8 heteroatoms. The molecular weight excluding hydrogens is 440 g/mol. The molecule has 0 aliphatic heterocycles. The summed E-state index contributed by atoms with van der Waals surface area (Å²) in [6.45, 7) is 1.83. The molecule has 3 aromatic carbocycles. The van der Waals surface area contributed by atoms with E-state index in [0.717, 1.165) is 15.3 Å². The Morgan fingerprint density at radius 2 is 1.70 bits per heavy atom. The van der Waals surface area contributed by atoms with Crippen molar-refractivity contribution in [2.24, 2.45) is 0 Å². The van der Waals surface area contributed by atoms with Crippen molar-refractivity contribution < 1.29 is 4.79 Å². The molecule has 0 N–H and O–H groups in total. The standard InChI is InChI=1S/C25H19ClN4O3/c1-2-29-24(32)22-23(27-15-28(22)14-21(31)17-10-12-18(26)13-11-17)30(25(29)33)20-9-5-7-16-6-3-4-8-19(16)20/h3-13,15H,2,14H2,1H3. The van der Waals surface area contributed by atoms with E-state index in [1.807, 2.05) is 42.5 Å². The predicted molar refractivity (Wildman–Crippen MR) is 129 cm³/mol. The molecule has 0 fully saturated rings. The second kappa shape index (κ2) is 8.18. The average Bonchev–Trinajstić information content (AvgIpc) is 3.23. The number of carbonyl (C=O) groups is 1. The number of imidazole rings is 1. The summed E-state index contributed by atoms with van der Waals surface area (Å²) in [5.74, 6) is -0.198. The van der Waals surface area contributed by atoms with Crippen LogP contribution >= 0.6 is 11.6 Å². The number of hydrogen-bond acceptors (Lipinski definition) is 4. The van der Waals surface area contributed by atoms with E-state index in [0.29, 0.717) is 16.3 Å². The zero-order valence-electron chi connectivity index (χ0n) is 17.7. The smallest absolute Gasteiger partial charge is 0.317 e. The highest BCUT2D eigenvalue weighted by Crippen LogP contribution is 2.23. The van der Waals surface area contributed by atoms with Crippen LogP contribution in [0.2, 0.25) is 5.02 Å². The van der Waals surface area contributed by atoms with Gasteiger partial charge in [0.25, 0.3) is 5.56 Å². The van der Waals surface area contributed by atoms with Gasteiger partial charge in [-0.15, -0.1) is 0 Å². The van der Waals surface area contributed by atoms with Gasteiger partial charge in [-0.25, -0.2) is 14.3 Å². The molecule has 2 heterocycles. The lowest BCUT2D eigenvalue weighted by Gasteiger charge is -2.13. The van der Waals surface area contributed by atoms with Gasteiger partial charge >= 0.3 is 5.69 Å². The van der Waals surface area contributed by atoms with Crippen molar-refractivity contribution in [1.82, 2.24) is 18.7 Å². The molecule has 164 valence electrons. The van der Waals surface area contributed by atoms with E-state index in [1.165, 1.54) is 15.5 Å². The quantitative estimate of drug-likeness (QED) is 0.372. The minimum atomic E-state index is -0.476. The zero-order valence-corrected chi connectivity index (χ0v) is 18.5. The van der Waals surface area contributed by atoms with Gasteiger partial charge in [0.15, 0.2) is 16.9 Å². The third-order valence-corrected chi connectivity index (χ3v) is 5.96. The van der Waals surface area contributed by atoms with Gasteiger partial charge in [-0.1, -0.05) is 48.0 Å². The van der Waals surface area contributed by atoms with Crippen LogP contribution in [0.5, 0.6) is 0 Å². The lowest BCUT2D eigenvalue weighted by Crippen LogP contribution is -2.39. The number of halogens is 1. The number of ketones is 1. The molecule has 0 amide bonds. The van der Waals surface area contributed by atoms with Crippen molar-refractivity contribution in [1.29, 1.82) is 0 Å². The topological polar surface area (TPSA) is 78.9 Å². The highest BCUT2D eigenvalue weighted by molar-refractivity contribution is 6.30. The Hall–Kier alpha value is -3.97. The van der Waals surface area contributed by atoms with Crippen LogP contribution in [0.1, 0.15) is 17.3 Å². The van der Waals surface area contributed by atoms with Crippen LogP contribution in [0.15, 0.2) is 82.6 Å². The molecule has 0 bridgehead atoms. The van der Waals surface area contributed by atoms with Crippen LogP contribution in [0, 0.1) is 0 Å². The number of Topliss-reactive ketones (excluding diaryl/α,β-unsaturated/α-hetero) is 1. The lowest BCUT2D eigenvalue weighted by atomic mass is 10.1. The minimum absolute atomic E-state index is 0.0924. The van der Waals surface area contributed by atoms with Crippen LogP contribution in [-0.2, 0) is 13.1 Å². The maximum atomic E-state index is 13.4. The van der Waals surface area contributed by atoms with E-state index < -0.39 is 11.2 Å². The molecule has 0 saturated carbocycles. The van der Waals surface area contributed by atoms with E-state index in [2.05, 4.69) is 4.98 Å². The van der Waals surface area contributed by atoms with Gasteiger partial charge in [-0.3, -0.25) is 14.2 Å². The van der Waals surface area contributed by atoms with Crippen molar-refractivity contribution in [2.75, 3.05) is 0 Å². The van der Waals surface area contributed by atoms with Crippen LogP contribution in [0.25, 0.3) is 27.6 Å². The Morgan fingerprint density at radius 1 is 0.970 bits per heavy atom. The first-order valence-corrected chi connectivity index (χ1v) is 10.8. The van der Waals surface area contributed by atoms with Crippen molar-refractivity contribution >= 4 is 39.3 Å². The first kappa shape index (κ1) is 20.9. The fraction of sp³-hybridized carbons (Fsp3) is 0.120. The summed E-state index contributed by atoms with van der Waals surface area (Å²) < 4.78 is 4.11. The first-order valence-electron chi connectivity index (χ1n) is 10.5. The van der Waals surface area contributed by atoms with Crippen molar-refractivity contribution in [3.05, 3.63) is 104 Å². The maximum absolute atomic E-state index is 13.4. The van der Waals surface area contributed by atoms with E-state index in [9.17, 15) is 14.4 Å². The Bertz CT molecular complexity index is 1640. The van der Waals surface area contributed by atoms with E-state index in [1.54, 1.807) is 31.2 Å². The SMILES string of the molecule is CCn1c(=O)c2c(ncn2CC(=O)c2ccc(Cl)cc2)n(-c2cccc3ccccc23)c1=O. The molecule has 2 aromatic heterocycles. The summed E-state index contributed by atoms with van der Waals surface area (Å²) in [6.07, 6.45) is 1.43. The molecular formula is C25H19ClN4O3. The predicted octanol–water partition coefficient (Wildman–Crippen LogP) is 4.06. The van der Waals surface area contributed by atoms with E-state index >= 15 is 0 Å². The Labute approximate surface area is 193 Å². The van der Waals surface area contributed by atoms with Gasteiger partial charge in [0.2, 0.25) is 0 Å². The number of benzene rings is 3. The molecule has 0 radical (unpaired) electrons. The van der Waals surface area contributed by atoms with E-state index in [-0.39, 0.29) is 30.0 Å². The van der Waals surface area contributed by atoms with Gasteiger partial charge in [0.05, 0.1) is 18.6 Å². The van der Waals surface area contributed by atoms with Crippen LogP contribution in [0.3, 0.4) is 0 Å². The molecule has 0 saturated heterocycles. The summed E-state index contributed by atoms with van der Waals surface area (Å²) in [4.78, 5) is 43.9. The lowest BCUT2D eigenvalue weighted by molar-refractivity contribution is 0.0973. The number of hydrogen-bond donors (Lipinski definition) is 0. The van der Waals surface area contributed by atoms with Gasteiger partial charge in [-0.05, 0) is 42.6 Å². The highest BCUT2D eigenvalue weighted by atomic mass is 35.5. The number of nitrogens with zero attached hydrogens (tertiary/aromatic N) is 4. The second-order valence-corrected chi connectivity index (χ2v) is 8.08. The maximum Gasteiger partial charge on any atom is 0.337 e. The van der Waals surface area contributed by atoms with Crippen molar-refractivity contribution in [2.45, 2.75) is 20.0 Å². The number of rotatable bonds is 5. The number of aromatic nitrogens is 4. The van der Waals surface area contributed by atoms with Crippen LogP contribution < -0.4 is 11.2 Å². The Morgan fingerprint density at radius 3 is 2.45 bits per heavy atom. The van der Waals surface area contributed by atoms with Gasteiger partial charge in [-0.2, -0.15) is 0 Å². The monoisotopic (exact) mass is 458 g/mol. The van der Waals surface area contributed by atoms with E-state index in [4.69, 9.17) is 11.6 Å². The molecule has 0 aliphatic carbocycles. The Kier molecular flexibility index (Phi) is 5.18. The molecule has 7 nitrogen and oxygen atoms in total. The largest absolute Gasteiger partial charge is 0.337 e. The summed E-state index contributed by atoms with van der Waals surface area (Å²) >= 11 is 5.92. The van der Waals surface area contributed by atoms with Gasteiger partial charge < -0.3 is 4.57 Å². The second-order valence-electron chi connectivity index (χ2n) is 7.64. The third kappa shape index (κ3) is 3.47. The summed E-state index contributed by atoms with van der Waals surface area (Å²) in [6, 6.07) is 19.9. The molecule has 33 heavy (non-hydrogen) atoms. The number of fused-ring (bicyclic) bond motifs is 2. The van der Waals surface area contributed by atoms with Crippen LogP contribution in [-0.4, -0.2) is 24.5 Å². The molecule has 5 rings (SSSR count). The normalized spacial score (nSPS) is 11.3. The van der Waals surface area contributed by atoms with Crippen molar-refractivity contribution in [3.63, 3.8) is 0 Å². The first-order chi connectivity index (χ1) is 16.0. The molecule has 5 aromatic rings. The van der Waals surface area contributed by atoms with Crippen LogP contribution in [0.4, 0.5) is 0 Å². The van der Waals surface area contributed by atoms with Crippen molar-refractivity contribution in [3.8, 4) is 5.69 Å². The minimum Gasteiger partial charge on any atom is -0.317 e. The summed E-state index contributed by atoms with van der Waals surface area (Å²) in [7, 11) is 0. The summed E-state index contributed by atoms with van der Waals surface area (Å²) in [5.41, 5.74) is 0.566.